The molecule has 0 saturated heterocycles. The van der Waals surface area contributed by atoms with Gasteiger partial charge in [0.15, 0.2) is 5.69 Å². The SMILES string of the molecule is COC(=O)c1sc2cc(NC(=O)Cn3ccc(C(F)(F)F)n3)ccc2c1Cl. The highest BCUT2D eigenvalue weighted by molar-refractivity contribution is 7.21. The van der Waals surface area contributed by atoms with Crippen LogP contribution in [0.3, 0.4) is 0 Å². The van der Waals surface area contributed by atoms with E-state index in [0.29, 0.717) is 15.8 Å². The first-order chi connectivity index (χ1) is 12.7. The molecular formula is C16H11ClF3N3O3S. The second kappa shape index (κ2) is 7.20. The maximum atomic E-state index is 12.5. The third-order valence-electron chi connectivity index (χ3n) is 3.52. The second-order valence-electron chi connectivity index (χ2n) is 5.39. The molecule has 2 aromatic heterocycles. The Labute approximate surface area is 159 Å². The second-order valence-corrected chi connectivity index (χ2v) is 6.82. The summed E-state index contributed by atoms with van der Waals surface area (Å²) >= 11 is 7.26. The molecule has 0 aliphatic carbocycles. The summed E-state index contributed by atoms with van der Waals surface area (Å²) in [4.78, 5) is 24.0. The van der Waals surface area contributed by atoms with Gasteiger partial charge >= 0.3 is 12.1 Å². The molecule has 0 radical (unpaired) electrons. The van der Waals surface area contributed by atoms with Gasteiger partial charge in [-0.3, -0.25) is 9.48 Å². The van der Waals surface area contributed by atoms with Crippen molar-refractivity contribution in [3.63, 3.8) is 0 Å². The minimum absolute atomic E-state index is 0.244. The fraction of sp³-hybridized carbons (Fsp3) is 0.188. The van der Waals surface area contributed by atoms with Crippen LogP contribution in [0.15, 0.2) is 30.5 Å². The number of carbonyl (C=O) groups excluding carboxylic acids is 2. The average molecular weight is 418 g/mol. The van der Waals surface area contributed by atoms with Crippen molar-refractivity contribution in [1.29, 1.82) is 0 Å². The van der Waals surface area contributed by atoms with Crippen LogP contribution in [0.2, 0.25) is 5.02 Å². The zero-order valence-electron chi connectivity index (χ0n) is 13.6. The average Bonchev–Trinajstić information content (AvgIpc) is 3.19. The molecule has 0 fully saturated rings. The number of halogens is 4. The van der Waals surface area contributed by atoms with Crippen LogP contribution in [0, 0.1) is 0 Å². The maximum Gasteiger partial charge on any atom is 0.435 e. The Morgan fingerprint density at radius 3 is 2.70 bits per heavy atom. The molecule has 142 valence electrons. The van der Waals surface area contributed by atoms with Gasteiger partial charge in [0.25, 0.3) is 0 Å². The number of nitrogens with one attached hydrogen (secondary N) is 1. The minimum atomic E-state index is -4.57. The Hall–Kier alpha value is -2.59. The van der Waals surface area contributed by atoms with E-state index in [1.54, 1.807) is 18.2 Å². The normalized spacial score (nSPS) is 11.6. The van der Waals surface area contributed by atoms with E-state index >= 15 is 0 Å². The lowest BCUT2D eigenvalue weighted by atomic mass is 10.2. The van der Waals surface area contributed by atoms with Crippen molar-refractivity contribution >= 4 is 50.6 Å². The molecule has 0 bridgehead atoms. The number of fused-ring (bicyclic) bond motifs is 1. The number of benzene rings is 1. The summed E-state index contributed by atoms with van der Waals surface area (Å²) in [5.41, 5.74) is -0.662. The van der Waals surface area contributed by atoms with Gasteiger partial charge in [-0.1, -0.05) is 11.6 Å². The Morgan fingerprint density at radius 1 is 1.33 bits per heavy atom. The van der Waals surface area contributed by atoms with Gasteiger partial charge in [0.05, 0.1) is 12.1 Å². The number of ether oxygens (including phenoxy) is 1. The molecule has 6 nitrogen and oxygen atoms in total. The molecule has 0 unspecified atom stereocenters. The van der Waals surface area contributed by atoms with E-state index in [1.807, 2.05) is 0 Å². The van der Waals surface area contributed by atoms with Crippen molar-refractivity contribution in [2.24, 2.45) is 0 Å². The Balaban J connectivity index is 1.75. The quantitative estimate of drug-likeness (QED) is 0.646. The van der Waals surface area contributed by atoms with Crippen molar-refractivity contribution in [3.05, 3.63) is 46.1 Å². The highest BCUT2D eigenvalue weighted by Crippen LogP contribution is 2.37. The predicted molar refractivity (Wildman–Crippen MR) is 94.0 cm³/mol. The molecular weight excluding hydrogens is 407 g/mol. The van der Waals surface area contributed by atoms with E-state index in [2.05, 4.69) is 15.2 Å². The smallest absolute Gasteiger partial charge is 0.435 e. The molecule has 0 aliphatic heterocycles. The number of carbonyl (C=O) groups is 2. The van der Waals surface area contributed by atoms with Crippen LogP contribution in [0.25, 0.3) is 10.1 Å². The molecule has 1 aromatic carbocycles. The highest BCUT2D eigenvalue weighted by atomic mass is 35.5. The van der Waals surface area contributed by atoms with Crippen molar-refractivity contribution < 1.29 is 27.5 Å². The number of thiophene rings is 1. The third-order valence-corrected chi connectivity index (χ3v) is 5.16. The van der Waals surface area contributed by atoms with E-state index in [9.17, 15) is 22.8 Å². The molecule has 0 aliphatic rings. The first-order valence-corrected chi connectivity index (χ1v) is 8.59. The lowest BCUT2D eigenvalue weighted by Crippen LogP contribution is -2.19. The number of esters is 1. The van der Waals surface area contributed by atoms with Gasteiger partial charge in [0.2, 0.25) is 5.91 Å². The zero-order chi connectivity index (χ0) is 19.8. The molecule has 3 aromatic rings. The number of anilines is 1. The van der Waals surface area contributed by atoms with E-state index in [0.717, 1.165) is 28.3 Å². The van der Waals surface area contributed by atoms with Crippen molar-refractivity contribution in [1.82, 2.24) is 9.78 Å². The lowest BCUT2D eigenvalue weighted by molar-refractivity contribution is -0.141. The molecule has 0 spiro atoms. The standard InChI is InChI=1S/C16H11ClF3N3O3S/c1-26-15(25)14-13(17)9-3-2-8(6-10(9)27-14)21-12(24)7-23-5-4-11(22-23)16(18,19)20/h2-6H,7H2,1H3,(H,21,24). The van der Waals surface area contributed by atoms with E-state index in [4.69, 9.17) is 11.6 Å². The van der Waals surface area contributed by atoms with Crippen LogP contribution in [-0.4, -0.2) is 28.8 Å². The molecule has 3 rings (SSSR count). The van der Waals surface area contributed by atoms with Crippen LogP contribution in [0.1, 0.15) is 15.4 Å². The van der Waals surface area contributed by atoms with Gasteiger partial charge in [0.1, 0.15) is 11.4 Å². The topological polar surface area (TPSA) is 73.2 Å². The monoisotopic (exact) mass is 417 g/mol. The lowest BCUT2D eigenvalue weighted by Gasteiger charge is -2.06. The molecule has 0 atom stereocenters. The van der Waals surface area contributed by atoms with E-state index < -0.39 is 23.7 Å². The maximum absolute atomic E-state index is 12.5. The van der Waals surface area contributed by atoms with Crippen molar-refractivity contribution in [3.8, 4) is 0 Å². The van der Waals surface area contributed by atoms with Crippen molar-refractivity contribution in [2.75, 3.05) is 12.4 Å². The largest absolute Gasteiger partial charge is 0.465 e. The van der Waals surface area contributed by atoms with Crippen molar-refractivity contribution in [2.45, 2.75) is 12.7 Å². The van der Waals surface area contributed by atoms with Gasteiger partial charge < -0.3 is 10.1 Å². The minimum Gasteiger partial charge on any atom is -0.465 e. The van der Waals surface area contributed by atoms with E-state index in [1.165, 1.54) is 7.11 Å². The number of hydrogen-bond acceptors (Lipinski definition) is 5. The summed E-state index contributed by atoms with van der Waals surface area (Å²) in [6.07, 6.45) is -3.49. The predicted octanol–water partition coefficient (Wildman–Crippen LogP) is 4.20. The van der Waals surface area contributed by atoms with Crippen LogP contribution < -0.4 is 5.32 Å². The molecule has 1 amide bonds. The zero-order valence-corrected chi connectivity index (χ0v) is 15.2. The van der Waals surface area contributed by atoms with Gasteiger partial charge in [-0.15, -0.1) is 11.3 Å². The fourth-order valence-electron chi connectivity index (χ4n) is 2.32. The van der Waals surface area contributed by atoms with Gasteiger partial charge in [-0.05, 0) is 24.3 Å². The van der Waals surface area contributed by atoms with Crippen LogP contribution in [-0.2, 0) is 22.3 Å². The van der Waals surface area contributed by atoms with Gasteiger partial charge in [0, 0.05) is 22.0 Å². The van der Waals surface area contributed by atoms with Gasteiger partial charge in [-0.25, -0.2) is 4.79 Å². The Bertz CT molecular complexity index is 1030. The number of nitrogens with zero attached hydrogens (tertiary/aromatic N) is 2. The number of methoxy groups -OCH3 is 1. The number of rotatable bonds is 4. The summed E-state index contributed by atoms with van der Waals surface area (Å²) < 4.78 is 43.8. The number of hydrogen-bond donors (Lipinski definition) is 1. The highest BCUT2D eigenvalue weighted by Gasteiger charge is 2.33. The molecule has 2 heterocycles. The third kappa shape index (κ3) is 4.06. The van der Waals surface area contributed by atoms with Crippen LogP contribution in [0.5, 0.6) is 0 Å². The van der Waals surface area contributed by atoms with Crippen LogP contribution >= 0.6 is 22.9 Å². The first kappa shape index (κ1) is 19.2. The van der Waals surface area contributed by atoms with Crippen LogP contribution in [0.4, 0.5) is 18.9 Å². The number of aromatic nitrogens is 2. The fourth-order valence-corrected chi connectivity index (χ4v) is 3.78. The Morgan fingerprint density at radius 2 is 2.07 bits per heavy atom. The summed E-state index contributed by atoms with van der Waals surface area (Å²) in [5, 5.41) is 6.78. The molecule has 1 N–H and O–H groups in total. The molecule has 27 heavy (non-hydrogen) atoms. The first-order valence-electron chi connectivity index (χ1n) is 7.40. The number of amides is 1. The number of alkyl halides is 3. The summed E-state index contributed by atoms with van der Waals surface area (Å²) in [5.74, 6) is -1.12. The summed E-state index contributed by atoms with van der Waals surface area (Å²) in [6, 6.07) is 5.61. The summed E-state index contributed by atoms with van der Waals surface area (Å²) in [7, 11) is 1.24. The summed E-state index contributed by atoms with van der Waals surface area (Å²) in [6.45, 7) is -0.382. The molecule has 0 saturated carbocycles. The molecule has 11 heteroatoms. The Kier molecular flexibility index (Phi) is 5.11. The van der Waals surface area contributed by atoms with Gasteiger partial charge in [-0.2, -0.15) is 18.3 Å². The van der Waals surface area contributed by atoms with E-state index in [-0.39, 0.29) is 16.4 Å².